The normalized spacial score (nSPS) is 16.9. The number of carbonyl (C=O) groups excluding carboxylic acids is 2. The van der Waals surface area contributed by atoms with Gasteiger partial charge in [0.2, 0.25) is 5.69 Å². The van der Waals surface area contributed by atoms with Crippen LogP contribution in [0, 0.1) is 0 Å². The molecule has 2 heterocycles. The lowest BCUT2D eigenvalue weighted by atomic mass is 9.81. The smallest absolute Gasteiger partial charge is 0.294 e. The predicted molar refractivity (Wildman–Crippen MR) is 252 cm³/mol. The molecule has 0 saturated heterocycles. The molecule has 64 heavy (non-hydrogen) atoms. The minimum atomic E-state index is -4.45. The number of unbranched alkanes of at least 4 members (excludes halogenated alkanes) is 5. The number of benzene rings is 2. The number of Topliss-reactive ketones (excluding diaryl/α,β-unsaturated/α-hetero) is 2. The zero-order valence-corrected chi connectivity index (χ0v) is 40.4. The first-order valence-corrected chi connectivity index (χ1v) is 26.5. The Bertz CT molecular complexity index is 2520. The summed E-state index contributed by atoms with van der Waals surface area (Å²) in [6.07, 6.45) is 19.5. The zero-order valence-electron chi connectivity index (χ0n) is 38.0. The number of hydrogen-bond acceptors (Lipinski definition) is 10. The molecule has 0 amide bonds. The van der Waals surface area contributed by atoms with E-state index in [1.165, 1.54) is 12.1 Å². The molecule has 0 aromatic heterocycles. The molecule has 0 aliphatic carbocycles. The highest BCUT2D eigenvalue weighted by atomic mass is 32.2. The van der Waals surface area contributed by atoms with Gasteiger partial charge in [-0.05, 0) is 95.3 Å². The highest BCUT2D eigenvalue weighted by Gasteiger charge is 2.45. The summed E-state index contributed by atoms with van der Waals surface area (Å²) >= 11 is 0. The van der Waals surface area contributed by atoms with Gasteiger partial charge < -0.3 is 9.69 Å². The van der Waals surface area contributed by atoms with Crippen LogP contribution in [0.1, 0.15) is 116 Å². The quantitative estimate of drug-likeness (QED) is 0.0355. The van der Waals surface area contributed by atoms with Crippen molar-refractivity contribution in [2.45, 2.75) is 121 Å². The van der Waals surface area contributed by atoms with Gasteiger partial charge in [-0.3, -0.25) is 23.4 Å². The maximum atomic E-state index is 12.8. The summed E-state index contributed by atoms with van der Waals surface area (Å²) in [4.78, 5) is 27.9. The van der Waals surface area contributed by atoms with Crippen LogP contribution in [0.5, 0.6) is 0 Å². The first-order valence-electron chi connectivity index (χ1n) is 21.8. The van der Waals surface area contributed by atoms with Crippen molar-refractivity contribution in [1.29, 1.82) is 0 Å². The topological polar surface area (TPSA) is 207 Å². The number of rotatable bonds is 26. The minimum Gasteiger partial charge on any atom is -0.344 e. The van der Waals surface area contributed by atoms with E-state index >= 15 is 0 Å². The molecule has 0 unspecified atom stereocenters. The molecule has 0 atom stereocenters. The zero-order chi connectivity index (χ0) is 47.5. The van der Waals surface area contributed by atoms with Gasteiger partial charge in [-0.15, -0.1) is 0 Å². The van der Waals surface area contributed by atoms with E-state index in [2.05, 4.69) is 36.9 Å². The van der Waals surface area contributed by atoms with E-state index in [4.69, 9.17) is 0 Å². The van der Waals surface area contributed by atoms with Gasteiger partial charge in [0.05, 0.1) is 28.4 Å². The molecule has 4 rings (SSSR count). The fourth-order valence-electron chi connectivity index (χ4n) is 8.51. The summed E-state index contributed by atoms with van der Waals surface area (Å²) in [5, 5.41) is 0. The lowest BCUT2D eigenvalue weighted by Gasteiger charge is -2.27. The van der Waals surface area contributed by atoms with Crippen molar-refractivity contribution in [3.63, 3.8) is 0 Å². The second-order valence-electron chi connectivity index (χ2n) is 17.9. The Morgan fingerprint density at radius 1 is 0.719 bits per heavy atom. The van der Waals surface area contributed by atoms with E-state index in [0.29, 0.717) is 63.8 Å². The summed E-state index contributed by atoms with van der Waals surface area (Å²) in [6.45, 7) is 11.6. The van der Waals surface area contributed by atoms with Crippen molar-refractivity contribution in [1.82, 2.24) is 4.90 Å². The van der Waals surface area contributed by atoms with Gasteiger partial charge in [-0.2, -0.15) is 29.8 Å². The van der Waals surface area contributed by atoms with Gasteiger partial charge >= 0.3 is 0 Å². The lowest BCUT2D eigenvalue weighted by Crippen LogP contribution is -2.28. The third-order valence-electron chi connectivity index (χ3n) is 11.8. The monoisotopic (exact) mass is 944 g/mol. The van der Waals surface area contributed by atoms with E-state index in [1.54, 1.807) is 13.0 Å². The van der Waals surface area contributed by atoms with E-state index in [-0.39, 0.29) is 34.4 Å². The SMILES string of the molecule is CC(=O)CCCCCCC(=O)CN(C)Cc1ccc2c(c1)C(C)(C)C(=CC=CC=CC=CC1=[N+](CCCCS(=O)(=O)O)c3ccc(S(=O)(=O)O)cc3C1(C)C)N2CCCCS(=O)(=O)O. The van der Waals surface area contributed by atoms with Crippen LogP contribution in [0.4, 0.5) is 11.4 Å². The number of anilines is 1. The Hall–Kier alpha value is -4.10. The summed E-state index contributed by atoms with van der Waals surface area (Å²) in [5.74, 6) is -0.318. The maximum Gasteiger partial charge on any atom is 0.294 e. The average Bonchev–Trinajstić information content (AvgIpc) is 3.52. The molecule has 3 N–H and O–H groups in total. The van der Waals surface area contributed by atoms with Crippen molar-refractivity contribution in [3.8, 4) is 0 Å². The summed E-state index contributed by atoms with van der Waals surface area (Å²) in [5.41, 5.74) is 5.32. The molecule has 2 aromatic rings. The second-order valence-corrected chi connectivity index (χ2v) is 22.5. The molecule has 0 spiro atoms. The second kappa shape index (κ2) is 22.4. The summed E-state index contributed by atoms with van der Waals surface area (Å²) in [6, 6.07) is 10.7. The van der Waals surface area contributed by atoms with Crippen molar-refractivity contribution < 1.29 is 53.1 Å². The van der Waals surface area contributed by atoms with Crippen LogP contribution in [0.15, 0.2) is 89.5 Å². The lowest BCUT2D eigenvalue weighted by molar-refractivity contribution is -0.438. The Balaban J connectivity index is 1.52. The van der Waals surface area contributed by atoms with Gasteiger partial charge in [-0.25, -0.2) is 0 Å². The molecule has 0 radical (unpaired) electrons. The van der Waals surface area contributed by atoms with Crippen LogP contribution < -0.4 is 4.90 Å². The Labute approximate surface area is 380 Å². The average molecular weight is 945 g/mol. The molecule has 352 valence electrons. The van der Waals surface area contributed by atoms with Gasteiger partial charge in [0.25, 0.3) is 30.4 Å². The molecule has 17 heteroatoms. The first-order chi connectivity index (χ1) is 29.8. The molecule has 0 bridgehead atoms. The van der Waals surface area contributed by atoms with Crippen LogP contribution in [-0.2, 0) is 57.3 Å². The molecule has 2 aliphatic heterocycles. The number of allylic oxidation sites excluding steroid dienone is 8. The van der Waals surface area contributed by atoms with Gasteiger partial charge in [0.15, 0.2) is 5.71 Å². The van der Waals surface area contributed by atoms with E-state index < -0.39 is 41.2 Å². The molecule has 0 fully saturated rings. The first kappa shape index (κ1) is 52.5. The Morgan fingerprint density at radius 2 is 1.34 bits per heavy atom. The maximum absolute atomic E-state index is 12.8. The summed E-state index contributed by atoms with van der Waals surface area (Å²) in [7, 11) is -10.7. The number of carbonyl (C=O) groups is 2. The largest absolute Gasteiger partial charge is 0.344 e. The highest BCUT2D eigenvalue weighted by molar-refractivity contribution is 7.86. The summed E-state index contributed by atoms with van der Waals surface area (Å²) < 4.78 is 99.9. The molecule has 14 nitrogen and oxygen atoms in total. The van der Waals surface area contributed by atoms with Gasteiger partial charge in [0.1, 0.15) is 18.1 Å². The van der Waals surface area contributed by atoms with Crippen LogP contribution in [-0.4, -0.2) is 104 Å². The predicted octanol–water partition coefficient (Wildman–Crippen LogP) is 7.93. The van der Waals surface area contributed by atoms with E-state index in [1.807, 2.05) is 72.9 Å². The Kier molecular flexibility index (Phi) is 18.4. The van der Waals surface area contributed by atoms with Crippen LogP contribution in [0.25, 0.3) is 0 Å². The minimum absolute atomic E-state index is 0.185. The van der Waals surface area contributed by atoms with Gasteiger partial charge in [-0.1, -0.05) is 69.2 Å². The number of hydrogen-bond donors (Lipinski definition) is 3. The molecule has 2 aliphatic rings. The number of ketones is 2. The van der Waals surface area contributed by atoms with Crippen LogP contribution >= 0.6 is 0 Å². The fraction of sp³-hybridized carbons (Fsp3) is 0.511. The standard InChI is InChI=1S/C47H65N3O11S3/c1-36(51)20-12-10-11-13-21-38(52)35-48(6)34-37-24-26-42-40(32-37)46(2,3)44(49(42)28-16-18-30-62(53,54)55)22-14-8-7-9-15-23-45-47(4,5)41-33-39(64(59,60)61)25-27-43(41)50(45)29-17-19-31-63(56,57)58/h7-9,14-15,22-27,32-33H,10-13,16-21,28-31,34-35H2,1-6H3,(H2-,53,54,55,56,57,58,59,60,61)/p+1. The van der Waals surface area contributed by atoms with Gasteiger partial charge in [0, 0.05) is 66.9 Å². The van der Waals surface area contributed by atoms with Crippen molar-refractivity contribution in [2.24, 2.45) is 0 Å². The number of fused-ring (bicyclic) bond motifs is 2. The third kappa shape index (κ3) is 15.2. The highest BCUT2D eigenvalue weighted by Crippen LogP contribution is 2.48. The van der Waals surface area contributed by atoms with Crippen LogP contribution in [0.2, 0.25) is 0 Å². The molecular weight excluding hydrogens is 879 g/mol. The molecule has 0 saturated carbocycles. The number of likely N-dealkylation sites (N-methyl/N-ethyl adjacent to an activating group) is 1. The number of nitrogens with zero attached hydrogens (tertiary/aromatic N) is 3. The Morgan fingerprint density at radius 3 is 1.98 bits per heavy atom. The molecule has 2 aromatic carbocycles. The van der Waals surface area contributed by atoms with Crippen molar-refractivity contribution >= 4 is 59.0 Å². The molecular formula is C47H66N3O11S3+. The van der Waals surface area contributed by atoms with E-state index in [0.717, 1.165) is 59.6 Å². The fourth-order valence-corrected chi connectivity index (χ4v) is 10.2. The van der Waals surface area contributed by atoms with Crippen molar-refractivity contribution in [3.05, 3.63) is 101 Å². The third-order valence-corrected chi connectivity index (χ3v) is 14.2. The van der Waals surface area contributed by atoms with Crippen molar-refractivity contribution in [2.75, 3.05) is 43.1 Å². The van der Waals surface area contributed by atoms with E-state index in [9.17, 15) is 48.5 Å². The van der Waals surface area contributed by atoms with Crippen LogP contribution in [0.3, 0.4) is 0 Å².